The third-order valence-electron chi connectivity index (χ3n) is 4.41. The molecular weight excluding hydrogens is 466 g/mol. The van der Waals surface area contributed by atoms with Crippen LogP contribution in [0, 0.1) is 0 Å². The van der Waals surface area contributed by atoms with E-state index < -0.39 is 15.7 Å². The number of anilines is 1. The number of hydrogen-bond acceptors (Lipinski definition) is 4. The van der Waals surface area contributed by atoms with E-state index >= 15 is 0 Å². The first kappa shape index (κ1) is 21.9. The molecule has 0 bridgehead atoms. The third kappa shape index (κ3) is 6.11. The molecule has 0 spiro atoms. The van der Waals surface area contributed by atoms with Gasteiger partial charge < -0.3 is 5.32 Å². The number of sulfone groups is 1. The van der Waals surface area contributed by atoms with Crippen molar-refractivity contribution in [1.29, 1.82) is 0 Å². The highest BCUT2D eigenvalue weighted by Gasteiger charge is 2.18. The van der Waals surface area contributed by atoms with Crippen LogP contribution in [0.1, 0.15) is 27.9 Å². The Balaban J connectivity index is 1.69. The zero-order chi connectivity index (χ0) is 21.6. The molecule has 5 nitrogen and oxygen atoms in total. The standard InChI is InChI=1S/C23H20BrNO4S/c24-19-11-12-21(20(15-19)23(27)18-9-5-2-6-10-18)25-22(26)13-14-30(28,29)16-17-7-3-1-4-8-17/h1-12,15H,13-14,16H2,(H,25,26). The van der Waals surface area contributed by atoms with Crippen LogP contribution < -0.4 is 5.32 Å². The molecular formula is C23H20BrNO4S. The molecule has 30 heavy (non-hydrogen) atoms. The van der Waals surface area contributed by atoms with Crippen molar-refractivity contribution in [3.63, 3.8) is 0 Å². The summed E-state index contributed by atoms with van der Waals surface area (Å²) >= 11 is 3.35. The van der Waals surface area contributed by atoms with Gasteiger partial charge in [-0.1, -0.05) is 76.6 Å². The highest BCUT2D eigenvalue weighted by molar-refractivity contribution is 9.10. The predicted molar refractivity (Wildman–Crippen MR) is 121 cm³/mol. The van der Waals surface area contributed by atoms with Crippen LogP contribution in [0.2, 0.25) is 0 Å². The fourth-order valence-electron chi connectivity index (χ4n) is 2.92. The lowest BCUT2D eigenvalue weighted by Gasteiger charge is -2.11. The number of carbonyl (C=O) groups is 2. The highest BCUT2D eigenvalue weighted by Crippen LogP contribution is 2.24. The van der Waals surface area contributed by atoms with Gasteiger partial charge in [0, 0.05) is 22.0 Å². The Bertz CT molecular complexity index is 1150. The van der Waals surface area contributed by atoms with Crippen LogP contribution in [0.3, 0.4) is 0 Å². The predicted octanol–water partition coefficient (Wildman–Crippen LogP) is 4.62. The second kappa shape index (κ2) is 9.82. The number of halogens is 1. The van der Waals surface area contributed by atoms with Gasteiger partial charge in [-0.25, -0.2) is 8.42 Å². The number of benzene rings is 3. The Morgan fingerprint density at radius 3 is 2.17 bits per heavy atom. The molecule has 0 saturated carbocycles. The van der Waals surface area contributed by atoms with Gasteiger partial charge >= 0.3 is 0 Å². The summed E-state index contributed by atoms with van der Waals surface area (Å²) in [7, 11) is -3.43. The van der Waals surface area contributed by atoms with Crippen LogP contribution in [-0.2, 0) is 20.4 Å². The zero-order valence-corrected chi connectivity index (χ0v) is 18.4. The van der Waals surface area contributed by atoms with Gasteiger partial charge in [0.25, 0.3) is 0 Å². The monoisotopic (exact) mass is 485 g/mol. The molecule has 0 heterocycles. The summed E-state index contributed by atoms with van der Waals surface area (Å²) in [5.41, 5.74) is 1.85. The molecule has 0 saturated heterocycles. The first-order valence-electron chi connectivity index (χ1n) is 9.27. The quantitative estimate of drug-likeness (QED) is 0.471. The number of rotatable bonds is 8. The fourth-order valence-corrected chi connectivity index (χ4v) is 4.62. The first-order valence-corrected chi connectivity index (χ1v) is 11.9. The van der Waals surface area contributed by atoms with Gasteiger partial charge in [0.05, 0.1) is 17.2 Å². The van der Waals surface area contributed by atoms with E-state index in [0.29, 0.717) is 26.9 Å². The van der Waals surface area contributed by atoms with Crippen LogP contribution >= 0.6 is 15.9 Å². The first-order chi connectivity index (χ1) is 14.3. The van der Waals surface area contributed by atoms with Gasteiger partial charge in [-0.05, 0) is 23.8 Å². The Labute approximate surface area is 184 Å². The minimum Gasteiger partial charge on any atom is -0.325 e. The van der Waals surface area contributed by atoms with Crippen LogP contribution in [0.5, 0.6) is 0 Å². The van der Waals surface area contributed by atoms with Crippen LogP contribution in [-0.4, -0.2) is 25.9 Å². The van der Waals surface area contributed by atoms with Crippen LogP contribution in [0.25, 0.3) is 0 Å². The average molecular weight is 486 g/mol. The van der Waals surface area contributed by atoms with Crippen molar-refractivity contribution >= 4 is 43.1 Å². The largest absolute Gasteiger partial charge is 0.325 e. The lowest BCUT2D eigenvalue weighted by atomic mass is 10.0. The SMILES string of the molecule is O=C(CCS(=O)(=O)Cc1ccccc1)Nc1ccc(Br)cc1C(=O)c1ccccc1. The molecule has 0 atom stereocenters. The van der Waals surface area contributed by atoms with Gasteiger partial charge in [-0.3, -0.25) is 9.59 Å². The molecule has 0 aliphatic rings. The van der Waals surface area contributed by atoms with E-state index in [9.17, 15) is 18.0 Å². The summed E-state index contributed by atoms with van der Waals surface area (Å²) in [6.07, 6.45) is -0.190. The Kier molecular flexibility index (Phi) is 7.18. The van der Waals surface area contributed by atoms with Crippen molar-refractivity contribution in [1.82, 2.24) is 0 Å². The second-order valence-electron chi connectivity index (χ2n) is 6.76. The van der Waals surface area contributed by atoms with Crippen LogP contribution in [0.4, 0.5) is 5.69 Å². The molecule has 1 N–H and O–H groups in total. The van der Waals surface area contributed by atoms with E-state index in [0.717, 1.165) is 0 Å². The molecule has 3 rings (SSSR count). The summed E-state index contributed by atoms with van der Waals surface area (Å²) in [5, 5.41) is 2.68. The minimum atomic E-state index is -3.43. The van der Waals surface area contributed by atoms with E-state index in [-0.39, 0.29) is 23.7 Å². The van der Waals surface area contributed by atoms with Gasteiger partial charge in [-0.15, -0.1) is 0 Å². The molecule has 0 unspecified atom stereocenters. The molecule has 3 aromatic carbocycles. The summed E-state index contributed by atoms with van der Waals surface area (Å²) in [4.78, 5) is 25.3. The molecule has 1 amide bonds. The normalized spacial score (nSPS) is 11.1. The van der Waals surface area contributed by atoms with Gasteiger partial charge in [0.15, 0.2) is 15.6 Å². The maximum absolute atomic E-state index is 12.9. The number of amides is 1. The maximum Gasteiger partial charge on any atom is 0.225 e. The average Bonchev–Trinajstić information content (AvgIpc) is 2.74. The molecule has 0 aliphatic heterocycles. The summed E-state index contributed by atoms with van der Waals surface area (Å²) < 4.78 is 25.3. The van der Waals surface area contributed by atoms with E-state index in [1.807, 2.05) is 12.1 Å². The molecule has 7 heteroatoms. The smallest absolute Gasteiger partial charge is 0.225 e. The van der Waals surface area contributed by atoms with E-state index in [2.05, 4.69) is 21.2 Å². The van der Waals surface area contributed by atoms with Crippen molar-refractivity contribution in [3.05, 3.63) is 100 Å². The van der Waals surface area contributed by atoms with E-state index in [1.54, 1.807) is 66.7 Å². The van der Waals surface area contributed by atoms with Crippen molar-refractivity contribution in [2.75, 3.05) is 11.1 Å². The van der Waals surface area contributed by atoms with Gasteiger partial charge in [0.2, 0.25) is 5.91 Å². The van der Waals surface area contributed by atoms with Crippen molar-refractivity contribution in [2.45, 2.75) is 12.2 Å². The third-order valence-corrected chi connectivity index (χ3v) is 6.50. The molecule has 0 aliphatic carbocycles. The lowest BCUT2D eigenvalue weighted by Crippen LogP contribution is -2.19. The fraction of sp³-hybridized carbons (Fsp3) is 0.130. The Hall–Kier alpha value is -2.77. The summed E-state index contributed by atoms with van der Waals surface area (Å²) in [6, 6.07) is 22.6. The summed E-state index contributed by atoms with van der Waals surface area (Å²) in [6.45, 7) is 0. The molecule has 0 fully saturated rings. The minimum absolute atomic E-state index is 0.114. The molecule has 154 valence electrons. The molecule has 0 aromatic heterocycles. The van der Waals surface area contributed by atoms with Crippen LogP contribution in [0.15, 0.2) is 83.3 Å². The number of hydrogen-bond donors (Lipinski definition) is 1. The molecule has 0 radical (unpaired) electrons. The van der Waals surface area contributed by atoms with Gasteiger partial charge in [-0.2, -0.15) is 0 Å². The van der Waals surface area contributed by atoms with E-state index in [1.165, 1.54) is 0 Å². The topological polar surface area (TPSA) is 80.3 Å². The second-order valence-corrected chi connectivity index (χ2v) is 9.86. The molecule has 3 aromatic rings. The van der Waals surface area contributed by atoms with Crippen molar-refractivity contribution < 1.29 is 18.0 Å². The zero-order valence-electron chi connectivity index (χ0n) is 16.0. The maximum atomic E-state index is 12.9. The van der Waals surface area contributed by atoms with Gasteiger partial charge in [0.1, 0.15) is 0 Å². The summed E-state index contributed by atoms with van der Waals surface area (Å²) in [5.74, 6) is -1.08. The number of carbonyl (C=O) groups excluding carboxylic acids is 2. The Morgan fingerprint density at radius 2 is 1.50 bits per heavy atom. The van der Waals surface area contributed by atoms with E-state index in [4.69, 9.17) is 0 Å². The van der Waals surface area contributed by atoms with Crippen molar-refractivity contribution in [3.8, 4) is 0 Å². The Morgan fingerprint density at radius 1 is 0.867 bits per heavy atom. The van der Waals surface area contributed by atoms with Crippen molar-refractivity contribution in [2.24, 2.45) is 0 Å². The highest BCUT2D eigenvalue weighted by atomic mass is 79.9. The lowest BCUT2D eigenvalue weighted by molar-refractivity contribution is -0.115. The number of nitrogens with one attached hydrogen (secondary N) is 1. The number of ketones is 1.